The highest BCUT2D eigenvalue weighted by atomic mass is 79.9. The number of rotatable bonds is 5. The number of carbonyl (C=O) groups is 1. The molecule has 124 valence electrons. The van der Waals surface area contributed by atoms with Gasteiger partial charge in [0.25, 0.3) is 0 Å². The molecule has 1 aromatic carbocycles. The fourth-order valence-electron chi connectivity index (χ4n) is 2.48. The highest BCUT2D eigenvalue weighted by molar-refractivity contribution is 9.09. The molecule has 1 N–H and O–H groups in total. The first-order valence-corrected chi connectivity index (χ1v) is 9.50. The van der Waals surface area contributed by atoms with Crippen molar-refractivity contribution >= 4 is 55.1 Å². The Labute approximate surface area is 156 Å². The maximum atomic E-state index is 11.4. The summed E-state index contributed by atoms with van der Waals surface area (Å²) in [6.07, 6.45) is 0. The third kappa shape index (κ3) is 3.27. The minimum atomic E-state index is -0.979. The number of hydrogen-bond donors (Lipinski definition) is 1. The van der Waals surface area contributed by atoms with Crippen LogP contribution in [0.3, 0.4) is 0 Å². The van der Waals surface area contributed by atoms with E-state index in [1.807, 2.05) is 25.1 Å². The molecule has 0 saturated carbocycles. The van der Waals surface area contributed by atoms with Crippen LogP contribution in [0.25, 0.3) is 21.3 Å². The van der Waals surface area contributed by atoms with Crippen molar-refractivity contribution in [1.82, 2.24) is 4.98 Å². The van der Waals surface area contributed by atoms with Crippen LogP contribution in [0.5, 0.6) is 5.75 Å². The van der Waals surface area contributed by atoms with E-state index in [9.17, 15) is 9.90 Å². The molecule has 3 rings (SSSR count). The van der Waals surface area contributed by atoms with Gasteiger partial charge in [-0.15, -0.1) is 11.3 Å². The van der Waals surface area contributed by atoms with Crippen LogP contribution in [-0.2, 0) is 0 Å². The predicted octanol–water partition coefficient (Wildman–Crippen LogP) is 5.40. The second-order valence-corrected chi connectivity index (χ2v) is 7.23. The molecule has 0 amide bonds. The molecule has 0 unspecified atom stereocenters. The number of aromatic carboxylic acids is 1. The number of thiophene rings is 1. The maximum Gasteiger partial charge on any atom is 0.338 e. The molecular weight excluding hydrogens is 414 g/mol. The van der Waals surface area contributed by atoms with Crippen molar-refractivity contribution in [3.05, 3.63) is 45.9 Å². The van der Waals surface area contributed by atoms with Crippen LogP contribution in [0.4, 0.5) is 0 Å². The van der Waals surface area contributed by atoms with Gasteiger partial charge < -0.3 is 9.84 Å². The standard InChI is InChI=1S/C17H13BrClNO3S/c1-9-6-12(16-15(20-9)13(8-24-16)17(21)22)11-7-10(19)2-3-14(11)23-5-4-18/h2-3,6-8H,4-5H2,1H3,(H,21,22). The van der Waals surface area contributed by atoms with Gasteiger partial charge in [0, 0.05) is 32.6 Å². The van der Waals surface area contributed by atoms with Crippen LogP contribution in [0.1, 0.15) is 16.1 Å². The second-order valence-electron chi connectivity index (χ2n) is 5.12. The lowest BCUT2D eigenvalue weighted by molar-refractivity contribution is 0.0699. The second kappa shape index (κ2) is 7.09. The van der Waals surface area contributed by atoms with Crippen molar-refractivity contribution in [2.75, 3.05) is 11.9 Å². The molecule has 0 saturated heterocycles. The molecule has 3 aromatic rings. The Bertz CT molecular complexity index is 926. The number of alkyl halides is 1. The third-order valence-electron chi connectivity index (χ3n) is 3.45. The summed E-state index contributed by atoms with van der Waals surface area (Å²) in [4.78, 5) is 15.8. The Hall–Kier alpha value is -1.63. The van der Waals surface area contributed by atoms with E-state index in [0.29, 0.717) is 28.2 Å². The quantitative estimate of drug-likeness (QED) is 0.555. The topological polar surface area (TPSA) is 59.4 Å². The van der Waals surface area contributed by atoms with Crippen molar-refractivity contribution in [2.45, 2.75) is 6.92 Å². The van der Waals surface area contributed by atoms with E-state index in [1.165, 1.54) is 11.3 Å². The van der Waals surface area contributed by atoms with Gasteiger partial charge in [0.2, 0.25) is 0 Å². The molecule has 0 aliphatic carbocycles. The normalized spacial score (nSPS) is 11.0. The SMILES string of the molecule is Cc1cc(-c2cc(Cl)ccc2OCCBr)c2scc(C(=O)O)c2n1. The van der Waals surface area contributed by atoms with Crippen LogP contribution in [0, 0.1) is 6.92 Å². The minimum Gasteiger partial charge on any atom is -0.492 e. The van der Waals surface area contributed by atoms with E-state index in [-0.39, 0.29) is 5.56 Å². The first kappa shape index (κ1) is 17.2. The van der Waals surface area contributed by atoms with E-state index < -0.39 is 5.97 Å². The highest BCUT2D eigenvalue weighted by Gasteiger charge is 2.18. The smallest absolute Gasteiger partial charge is 0.338 e. The van der Waals surface area contributed by atoms with Crippen LogP contribution >= 0.6 is 38.9 Å². The summed E-state index contributed by atoms with van der Waals surface area (Å²) in [6, 6.07) is 7.36. The number of benzene rings is 1. The zero-order valence-corrected chi connectivity index (χ0v) is 15.8. The number of pyridine rings is 1. The molecule has 0 radical (unpaired) electrons. The number of halogens is 2. The largest absolute Gasteiger partial charge is 0.492 e. The Balaban J connectivity index is 2.26. The molecule has 2 aromatic heterocycles. The van der Waals surface area contributed by atoms with Crippen molar-refractivity contribution in [3.8, 4) is 16.9 Å². The molecule has 0 atom stereocenters. The molecule has 24 heavy (non-hydrogen) atoms. The summed E-state index contributed by atoms with van der Waals surface area (Å²) in [6.45, 7) is 2.36. The zero-order chi connectivity index (χ0) is 17.3. The molecular formula is C17H13BrClNO3S. The van der Waals surface area contributed by atoms with E-state index in [0.717, 1.165) is 21.5 Å². The number of carboxylic acids is 1. The Morgan fingerprint density at radius 3 is 2.88 bits per heavy atom. The van der Waals surface area contributed by atoms with Crippen LogP contribution in [0.2, 0.25) is 5.02 Å². The number of nitrogens with zero attached hydrogens (tertiary/aromatic N) is 1. The Kier molecular flexibility index (Phi) is 5.08. The molecule has 4 nitrogen and oxygen atoms in total. The van der Waals surface area contributed by atoms with E-state index in [1.54, 1.807) is 11.4 Å². The van der Waals surface area contributed by atoms with Crippen LogP contribution in [-0.4, -0.2) is 28.0 Å². The zero-order valence-electron chi connectivity index (χ0n) is 12.7. The number of fused-ring (bicyclic) bond motifs is 1. The molecule has 7 heteroatoms. The molecule has 0 aliphatic heterocycles. The fourth-order valence-corrected chi connectivity index (χ4v) is 3.82. The lowest BCUT2D eigenvalue weighted by atomic mass is 10.0. The van der Waals surface area contributed by atoms with Crippen molar-refractivity contribution in [3.63, 3.8) is 0 Å². The molecule has 0 bridgehead atoms. The van der Waals surface area contributed by atoms with Gasteiger partial charge in [-0.25, -0.2) is 4.79 Å². The average Bonchev–Trinajstić information content (AvgIpc) is 2.96. The fraction of sp³-hybridized carbons (Fsp3) is 0.176. The van der Waals surface area contributed by atoms with Crippen LogP contribution < -0.4 is 4.74 Å². The number of aryl methyl sites for hydroxylation is 1. The van der Waals surface area contributed by atoms with Crippen molar-refractivity contribution < 1.29 is 14.6 Å². The minimum absolute atomic E-state index is 0.213. The monoisotopic (exact) mass is 425 g/mol. The van der Waals surface area contributed by atoms with E-state index in [2.05, 4.69) is 20.9 Å². The van der Waals surface area contributed by atoms with Gasteiger partial charge in [-0.05, 0) is 31.2 Å². The molecule has 0 spiro atoms. The van der Waals surface area contributed by atoms with Gasteiger partial charge in [0.05, 0.1) is 22.4 Å². The summed E-state index contributed by atoms with van der Waals surface area (Å²) in [5, 5.41) is 12.3. The van der Waals surface area contributed by atoms with E-state index >= 15 is 0 Å². The third-order valence-corrected chi connectivity index (χ3v) is 5.01. The average molecular weight is 427 g/mol. The molecule has 0 aliphatic rings. The predicted molar refractivity (Wildman–Crippen MR) is 101 cm³/mol. The molecule has 0 fully saturated rings. The summed E-state index contributed by atoms with van der Waals surface area (Å²) in [5.41, 5.74) is 3.16. The number of carboxylic acid groups (broad SMARTS) is 1. The first-order chi connectivity index (χ1) is 11.5. The van der Waals surface area contributed by atoms with Crippen LogP contribution in [0.15, 0.2) is 29.6 Å². The summed E-state index contributed by atoms with van der Waals surface area (Å²) < 4.78 is 6.61. The first-order valence-electron chi connectivity index (χ1n) is 7.12. The van der Waals surface area contributed by atoms with Crippen molar-refractivity contribution in [2.24, 2.45) is 0 Å². The Morgan fingerprint density at radius 2 is 2.17 bits per heavy atom. The lowest BCUT2D eigenvalue weighted by Crippen LogP contribution is -2.00. The lowest BCUT2D eigenvalue weighted by Gasteiger charge is -2.13. The maximum absolute atomic E-state index is 11.4. The van der Waals surface area contributed by atoms with E-state index in [4.69, 9.17) is 16.3 Å². The van der Waals surface area contributed by atoms with Gasteiger partial charge in [-0.3, -0.25) is 4.98 Å². The van der Waals surface area contributed by atoms with Gasteiger partial charge >= 0.3 is 5.97 Å². The summed E-state index contributed by atoms with van der Waals surface area (Å²) >= 11 is 10.9. The van der Waals surface area contributed by atoms with Gasteiger partial charge in [0.15, 0.2) is 0 Å². The highest BCUT2D eigenvalue weighted by Crippen LogP contribution is 2.40. The summed E-state index contributed by atoms with van der Waals surface area (Å²) in [5.74, 6) is -0.275. The summed E-state index contributed by atoms with van der Waals surface area (Å²) in [7, 11) is 0. The van der Waals surface area contributed by atoms with Gasteiger partial charge in [-0.1, -0.05) is 27.5 Å². The number of ether oxygens (including phenoxy) is 1. The number of hydrogen-bond acceptors (Lipinski definition) is 4. The van der Waals surface area contributed by atoms with Crippen molar-refractivity contribution in [1.29, 1.82) is 0 Å². The van der Waals surface area contributed by atoms with Gasteiger partial charge in [0.1, 0.15) is 5.75 Å². The molecule has 2 heterocycles. The number of aromatic nitrogens is 1. The Morgan fingerprint density at radius 1 is 1.38 bits per heavy atom. The van der Waals surface area contributed by atoms with Gasteiger partial charge in [-0.2, -0.15) is 0 Å².